The second-order valence-electron chi connectivity index (χ2n) is 6.02. The normalized spacial score (nSPS) is 35.6. The molecule has 0 aliphatic heterocycles. The van der Waals surface area contributed by atoms with Gasteiger partial charge in [-0.15, -0.1) is 0 Å². The van der Waals surface area contributed by atoms with E-state index in [1.165, 1.54) is 0 Å². The van der Waals surface area contributed by atoms with Crippen LogP contribution in [0.1, 0.15) is 31.2 Å². The molecule has 3 aliphatic carbocycles. The van der Waals surface area contributed by atoms with Gasteiger partial charge in [0.1, 0.15) is 5.60 Å². The van der Waals surface area contributed by atoms with E-state index in [-0.39, 0.29) is 0 Å². The van der Waals surface area contributed by atoms with Crippen LogP contribution >= 0.6 is 0 Å². The first kappa shape index (κ1) is 15.5. The highest BCUT2D eigenvalue weighted by molar-refractivity contribution is 5.41. The molecule has 1 aromatic rings. The van der Waals surface area contributed by atoms with E-state index >= 15 is 0 Å². The van der Waals surface area contributed by atoms with E-state index in [1.807, 2.05) is 0 Å². The molecule has 0 unspecified atom stereocenters. The average Bonchev–Trinajstić information content (AvgIpc) is 2.44. The number of hydrogen-bond donors (Lipinski definition) is 2. The fourth-order valence-corrected chi connectivity index (χ4v) is 3.66. The van der Waals surface area contributed by atoms with Gasteiger partial charge in [-0.25, -0.2) is 4.39 Å². The first-order chi connectivity index (χ1) is 10.0. The van der Waals surface area contributed by atoms with E-state index in [9.17, 15) is 31.4 Å². The van der Waals surface area contributed by atoms with Crippen molar-refractivity contribution in [3.8, 4) is 5.75 Å². The zero-order valence-electron chi connectivity index (χ0n) is 11.1. The van der Waals surface area contributed by atoms with Gasteiger partial charge < -0.3 is 10.2 Å². The van der Waals surface area contributed by atoms with Crippen LogP contribution in [0.2, 0.25) is 0 Å². The largest absolute Gasteiger partial charge is 0.505 e. The molecule has 1 aromatic carbocycles. The van der Waals surface area contributed by atoms with E-state index in [0.717, 1.165) is 0 Å². The molecule has 0 aromatic heterocycles. The van der Waals surface area contributed by atoms with Gasteiger partial charge in [0.25, 0.3) is 0 Å². The fraction of sp³-hybridized carbons (Fsp3) is 0.571. The summed E-state index contributed by atoms with van der Waals surface area (Å²) in [6.45, 7) is 0. The highest BCUT2D eigenvalue weighted by Gasteiger charge is 2.82. The highest BCUT2D eigenvalue weighted by atomic mass is 19.3. The Morgan fingerprint density at radius 1 is 0.818 bits per heavy atom. The maximum Gasteiger partial charge on any atom is 0.338 e. The second-order valence-corrected chi connectivity index (χ2v) is 6.02. The van der Waals surface area contributed by atoms with Crippen LogP contribution in [-0.2, 0) is 5.41 Å². The van der Waals surface area contributed by atoms with Crippen LogP contribution in [0.4, 0.5) is 26.3 Å². The van der Waals surface area contributed by atoms with Crippen LogP contribution < -0.4 is 0 Å². The van der Waals surface area contributed by atoms with Crippen molar-refractivity contribution in [2.75, 3.05) is 0 Å². The molecule has 0 heterocycles. The second kappa shape index (κ2) is 4.10. The van der Waals surface area contributed by atoms with Crippen molar-refractivity contribution >= 4 is 0 Å². The Hall–Kier alpha value is -1.44. The third-order valence-corrected chi connectivity index (χ3v) is 5.09. The Balaban J connectivity index is 2.24. The molecule has 4 rings (SSSR count). The molecule has 8 heteroatoms. The summed E-state index contributed by atoms with van der Waals surface area (Å²) in [7, 11) is 0. The number of fused-ring (bicyclic) bond motifs is 3. The number of phenols is 1. The van der Waals surface area contributed by atoms with Crippen LogP contribution in [-0.4, -0.2) is 27.7 Å². The number of aromatic hydroxyl groups is 1. The number of phenolic OH excluding ortho intramolecular Hbond substituents is 1. The summed E-state index contributed by atoms with van der Waals surface area (Å²) in [5, 5.41) is 18.8. The van der Waals surface area contributed by atoms with Crippen LogP contribution in [0, 0.1) is 11.6 Å². The molecule has 0 amide bonds. The minimum Gasteiger partial charge on any atom is -0.505 e. The van der Waals surface area contributed by atoms with E-state index in [4.69, 9.17) is 5.11 Å². The van der Waals surface area contributed by atoms with E-state index in [2.05, 4.69) is 0 Å². The molecule has 2 bridgehead atoms. The molecule has 0 radical (unpaired) electrons. The molecule has 3 aliphatic rings. The maximum absolute atomic E-state index is 14.4. The van der Waals surface area contributed by atoms with Crippen LogP contribution in [0.25, 0.3) is 0 Å². The van der Waals surface area contributed by atoms with Gasteiger partial charge in [0.05, 0.1) is 5.41 Å². The van der Waals surface area contributed by atoms with Crippen molar-refractivity contribution in [1.29, 1.82) is 0 Å². The van der Waals surface area contributed by atoms with Gasteiger partial charge in [-0.1, -0.05) is 6.07 Å². The van der Waals surface area contributed by atoms with Crippen molar-refractivity contribution in [3.63, 3.8) is 0 Å². The lowest BCUT2D eigenvalue weighted by Gasteiger charge is -2.59. The minimum absolute atomic E-state index is 0.604. The molecule has 0 atom stereocenters. The summed E-state index contributed by atoms with van der Waals surface area (Å²) in [6, 6.07) is 1.36. The fourth-order valence-electron chi connectivity index (χ4n) is 3.66. The van der Waals surface area contributed by atoms with Gasteiger partial charge in [-0.2, -0.15) is 22.0 Å². The van der Waals surface area contributed by atoms with Crippen molar-refractivity contribution < 1.29 is 36.6 Å². The lowest BCUT2D eigenvalue weighted by Crippen LogP contribution is -2.74. The first-order valence-electron chi connectivity index (χ1n) is 6.66. The van der Waals surface area contributed by atoms with Gasteiger partial charge in [-0.3, -0.25) is 0 Å². The Bertz CT molecular complexity index is 634. The monoisotopic (exact) mass is 326 g/mol. The molecule has 122 valence electrons. The predicted octanol–water partition coefficient (Wildman–Crippen LogP) is 3.50. The third-order valence-electron chi connectivity index (χ3n) is 5.09. The summed E-state index contributed by atoms with van der Waals surface area (Å²) >= 11 is 0. The average molecular weight is 326 g/mol. The molecule has 2 N–H and O–H groups in total. The predicted molar refractivity (Wildman–Crippen MR) is 63.0 cm³/mol. The van der Waals surface area contributed by atoms with Crippen LogP contribution in [0.15, 0.2) is 12.1 Å². The Morgan fingerprint density at radius 2 is 1.36 bits per heavy atom. The Labute approximate surface area is 121 Å². The molecule has 2 nitrogen and oxygen atoms in total. The molecule has 3 saturated carbocycles. The maximum atomic E-state index is 14.4. The lowest BCUT2D eigenvalue weighted by atomic mass is 9.52. The van der Waals surface area contributed by atoms with E-state index < -0.39 is 71.5 Å². The molecular formula is C14H12F6O2. The van der Waals surface area contributed by atoms with Gasteiger partial charge in [0.2, 0.25) is 5.82 Å². The van der Waals surface area contributed by atoms with Crippen molar-refractivity contribution in [2.45, 2.75) is 48.5 Å². The molecular weight excluding hydrogens is 314 g/mol. The van der Waals surface area contributed by atoms with Gasteiger partial charge in [-0.05, 0) is 31.7 Å². The van der Waals surface area contributed by atoms with Gasteiger partial charge in [0, 0.05) is 5.56 Å². The first-order valence-corrected chi connectivity index (χ1v) is 6.66. The number of aliphatic hydroxyl groups is 1. The Morgan fingerprint density at radius 3 is 1.91 bits per heavy atom. The van der Waals surface area contributed by atoms with Crippen molar-refractivity contribution in [3.05, 3.63) is 29.3 Å². The minimum atomic E-state index is -4.75. The number of alkyl halides is 4. The third kappa shape index (κ3) is 1.46. The van der Waals surface area contributed by atoms with E-state index in [1.54, 1.807) is 0 Å². The number of benzene rings is 1. The van der Waals surface area contributed by atoms with E-state index in [0.29, 0.717) is 12.1 Å². The Kier molecular flexibility index (Phi) is 2.88. The topological polar surface area (TPSA) is 40.5 Å². The van der Waals surface area contributed by atoms with Crippen molar-refractivity contribution in [2.24, 2.45) is 0 Å². The highest BCUT2D eigenvalue weighted by Crippen LogP contribution is 2.67. The number of rotatable bonds is 1. The quantitative estimate of drug-likeness (QED) is 0.776. The lowest BCUT2D eigenvalue weighted by molar-refractivity contribution is -0.363. The molecule has 3 fully saturated rings. The van der Waals surface area contributed by atoms with Crippen LogP contribution in [0.5, 0.6) is 5.75 Å². The summed E-state index contributed by atoms with van der Waals surface area (Å²) in [4.78, 5) is 0. The molecule has 22 heavy (non-hydrogen) atoms. The SMILES string of the molecule is Oc1ccc(C23CCC(O)(CC2)C(F)(F)C3(F)F)c(F)c1F. The zero-order chi connectivity index (χ0) is 16.6. The summed E-state index contributed by atoms with van der Waals surface area (Å²) in [6.07, 6.45) is -2.49. The summed E-state index contributed by atoms with van der Waals surface area (Å²) < 4.78 is 84.4. The molecule has 0 spiro atoms. The van der Waals surface area contributed by atoms with Crippen molar-refractivity contribution in [1.82, 2.24) is 0 Å². The molecule has 0 saturated heterocycles. The zero-order valence-corrected chi connectivity index (χ0v) is 11.1. The number of hydrogen-bond acceptors (Lipinski definition) is 2. The van der Waals surface area contributed by atoms with Gasteiger partial charge >= 0.3 is 11.8 Å². The summed E-state index contributed by atoms with van der Waals surface area (Å²) in [5.74, 6) is -14.1. The van der Waals surface area contributed by atoms with Gasteiger partial charge in [0.15, 0.2) is 11.6 Å². The number of halogens is 6. The smallest absolute Gasteiger partial charge is 0.338 e. The standard InChI is InChI=1S/C14H12F6O2/c15-9-7(1-2-8(21)10(9)16)11-3-5-12(22,6-4-11)14(19,20)13(11,17)18/h1-2,21-22H,3-6H2. The summed E-state index contributed by atoms with van der Waals surface area (Å²) in [5.41, 5.74) is -6.35. The van der Waals surface area contributed by atoms with Crippen LogP contribution in [0.3, 0.4) is 0 Å².